The molecule has 112 valence electrons. The number of hydrogen-bond acceptors (Lipinski definition) is 6. The van der Waals surface area contributed by atoms with Crippen molar-refractivity contribution in [3.05, 3.63) is 47.4 Å². The van der Waals surface area contributed by atoms with Crippen LogP contribution >= 0.6 is 0 Å². The van der Waals surface area contributed by atoms with Crippen molar-refractivity contribution in [1.82, 2.24) is 30.4 Å². The third-order valence-electron chi connectivity index (χ3n) is 2.86. The maximum Gasteiger partial charge on any atom is 0.309 e. The first kappa shape index (κ1) is 13.7. The van der Waals surface area contributed by atoms with Crippen LogP contribution < -0.4 is 10.9 Å². The molecule has 3 aromatic heterocycles. The quantitative estimate of drug-likeness (QED) is 0.662. The molecule has 2 amide bonds. The molecule has 3 aromatic rings. The highest BCUT2D eigenvalue weighted by atomic mass is 16.3. The molecule has 0 saturated carbocycles. The zero-order valence-electron chi connectivity index (χ0n) is 11.8. The van der Waals surface area contributed by atoms with E-state index in [0.29, 0.717) is 5.78 Å². The predicted molar refractivity (Wildman–Crippen MR) is 73.9 cm³/mol. The lowest BCUT2D eigenvalue weighted by molar-refractivity contribution is 0.0826. The number of hydrogen-bond donors (Lipinski definition) is 2. The fourth-order valence-electron chi connectivity index (χ4n) is 1.90. The molecule has 0 bridgehead atoms. The molecule has 0 aliphatic carbocycles. The van der Waals surface area contributed by atoms with Crippen LogP contribution in [0.5, 0.6) is 0 Å². The van der Waals surface area contributed by atoms with E-state index in [1.807, 2.05) is 19.9 Å². The van der Waals surface area contributed by atoms with Crippen molar-refractivity contribution < 1.29 is 14.0 Å². The first-order valence-electron chi connectivity index (χ1n) is 6.40. The molecule has 2 N–H and O–H groups in total. The highest BCUT2D eigenvalue weighted by Crippen LogP contribution is 2.05. The molecule has 3 rings (SSSR count). The molecular formula is C13H12N6O3. The number of carbonyl (C=O) groups is 2. The summed E-state index contributed by atoms with van der Waals surface area (Å²) in [4.78, 5) is 31.8. The summed E-state index contributed by atoms with van der Waals surface area (Å²) in [5.74, 6) is -0.924. The van der Waals surface area contributed by atoms with E-state index in [0.717, 1.165) is 11.4 Å². The number of hydrazine groups is 1. The number of nitrogens with one attached hydrogen (secondary N) is 2. The van der Waals surface area contributed by atoms with E-state index in [1.165, 1.54) is 16.8 Å². The van der Waals surface area contributed by atoms with Crippen molar-refractivity contribution >= 4 is 17.6 Å². The Balaban J connectivity index is 1.75. The van der Waals surface area contributed by atoms with Crippen molar-refractivity contribution in [2.45, 2.75) is 13.8 Å². The summed E-state index contributed by atoms with van der Waals surface area (Å²) in [5, 5.41) is 4.05. The number of aryl methyl sites for hydroxylation is 2. The Bertz CT molecular complexity index is 852. The third kappa shape index (κ3) is 2.51. The summed E-state index contributed by atoms with van der Waals surface area (Å²) >= 11 is 0. The lowest BCUT2D eigenvalue weighted by atomic mass is 10.4. The Morgan fingerprint density at radius 3 is 2.68 bits per heavy atom. The van der Waals surface area contributed by atoms with Crippen molar-refractivity contribution in [2.24, 2.45) is 0 Å². The molecule has 0 fully saturated rings. The molecule has 0 saturated heterocycles. The van der Waals surface area contributed by atoms with E-state index in [4.69, 9.17) is 4.42 Å². The Morgan fingerprint density at radius 1 is 1.18 bits per heavy atom. The summed E-state index contributed by atoms with van der Waals surface area (Å²) in [6.45, 7) is 3.65. The average molecular weight is 300 g/mol. The normalized spacial score (nSPS) is 10.6. The molecule has 3 heterocycles. The number of rotatable bonds is 2. The van der Waals surface area contributed by atoms with Gasteiger partial charge in [-0.2, -0.15) is 4.98 Å². The van der Waals surface area contributed by atoms with E-state index >= 15 is 0 Å². The van der Waals surface area contributed by atoms with Gasteiger partial charge in [-0.25, -0.2) is 9.50 Å². The van der Waals surface area contributed by atoms with Crippen LogP contribution in [0.25, 0.3) is 5.78 Å². The minimum absolute atomic E-state index is 0.0800. The Kier molecular flexibility index (Phi) is 3.30. The molecular weight excluding hydrogens is 288 g/mol. The number of amides is 2. The highest BCUT2D eigenvalue weighted by Gasteiger charge is 2.16. The van der Waals surface area contributed by atoms with Crippen molar-refractivity contribution in [2.75, 3.05) is 0 Å². The van der Waals surface area contributed by atoms with Crippen LogP contribution in [0.3, 0.4) is 0 Å². The first-order chi connectivity index (χ1) is 10.5. The second kappa shape index (κ2) is 5.28. The van der Waals surface area contributed by atoms with Gasteiger partial charge in [0, 0.05) is 11.4 Å². The SMILES string of the molecule is Cc1cc(C)n2nc(C(=O)NNC(=O)c3ccco3)nc2n1. The predicted octanol–water partition coefficient (Wildman–Crippen LogP) is 0.409. The van der Waals surface area contributed by atoms with E-state index in [9.17, 15) is 9.59 Å². The number of fused-ring (bicyclic) bond motifs is 1. The van der Waals surface area contributed by atoms with Gasteiger partial charge >= 0.3 is 11.8 Å². The van der Waals surface area contributed by atoms with E-state index in [-0.39, 0.29) is 11.6 Å². The number of furan rings is 1. The average Bonchev–Trinajstić information content (AvgIpc) is 3.13. The fraction of sp³-hybridized carbons (Fsp3) is 0.154. The summed E-state index contributed by atoms with van der Waals surface area (Å²) in [5.41, 5.74) is 6.00. The van der Waals surface area contributed by atoms with E-state index < -0.39 is 11.8 Å². The van der Waals surface area contributed by atoms with Crippen LogP contribution in [0.2, 0.25) is 0 Å². The number of carbonyl (C=O) groups excluding carboxylic acids is 2. The monoisotopic (exact) mass is 300 g/mol. The molecule has 9 heteroatoms. The van der Waals surface area contributed by atoms with Gasteiger partial charge in [0.1, 0.15) is 0 Å². The largest absolute Gasteiger partial charge is 0.459 e. The molecule has 22 heavy (non-hydrogen) atoms. The van der Waals surface area contributed by atoms with Gasteiger partial charge in [0.25, 0.3) is 5.78 Å². The fourth-order valence-corrected chi connectivity index (χ4v) is 1.90. The zero-order valence-corrected chi connectivity index (χ0v) is 11.8. The Labute approximate surface area is 124 Å². The Hall–Kier alpha value is -3.23. The maximum atomic E-state index is 12.0. The molecule has 0 aromatic carbocycles. The van der Waals surface area contributed by atoms with Gasteiger partial charge < -0.3 is 4.42 Å². The standard InChI is InChI=1S/C13H12N6O3/c1-7-6-8(2)19-13(14-7)15-10(18-19)12(21)17-16-11(20)9-4-3-5-22-9/h3-6H,1-2H3,(H,16,20)(H,17,21). The summed E-state index contributed by atoms with van der Waals surface area (Å²) in [7, 11) is 0. The van der Waals surface area contributed by atoms with Gasteiger partial charge in [0.15, 0.2) is 5.76 Å². The third-order valence-corrected chi connectivity index (χ3v) is 2.86. The topological polar surface area (TPSA) is 114 Å². The molecule has 0 aliphatic heterocycles. The number of aromatic nitrogens is 4. The highest BCUT2D eigenvalue weighted by molar-refractivity contribution is 5.96. The summed E-state index contributed by atoms with van der Waals surface area (Å²) in [6.07, 6.45) is 1.36. The van der Waals surface area contributed by atoms with E-state index in [1.54, 1.807) is 6.07 Å². The molecule has 0 spiro atoms. The van der Waals surface area contributed by atoms with Crippen LogP contribution in [0.4, 0.5) is 0 Å². The van der Waals surface area contributed by atoms with Crippen molar-refractivity contribution in [3.63, 3.8) is 0 Å². The van der Waals surface area contributed by atoms with Crippen LogP contribution in [0.15, 0.2) is 28.9 Å². The van der Waals surface area contributed by atoms with Gasteiger partial charge in [0.05, 0.1) is 6.26 Å². The van der Waals surface area contributed by atoms with Crippen LogP contribution in [-0.4, -0.2) is 31.4 Å². The van der Waals surface area contributed by atoms with Gasteiger partial charge in [-0.15, -0.1) is 5.10 Å². The minimum atomic E-state index is -0.651. The maximum absolute atomic E-state index is 12.0. The summed E-state index contributed by atoms with van der Waals surface area (Å²) < 4.78 is 6.36. The lowest BCUT2D eigenvalue weighted by Crippen LogP contribution is -2.42. The van der Waals surface area contributed by atoms with Gasteiger partial charge in [-0.05, 0) is 32.0 Å². The molecule has 0 atom stereocenters. The van der Waals surface area contributed by atoms with Crippen LogP contribution in [0, 0.1) is 13.8 Å². The van der Waals surface area contributed by atoms with Crippen LogP contribution in [0.1, 0.15) is 32.6 Å². The Morgan fingerprint density at radius 2 is 1.95 bits per heavy atom. The van der Waals surface area contributed by atoms with Gasteiger partial charge in [0.2, 0.25) is 5.82 Å². The van der Waals surface area contributed by atoms with Crippen molar-refractivity contribution in [1.29, 1.82) is 0 Å². The summed E-state index contributed by atoms with van der Waals surface area (Å²) in [6, 6.07) is 4.86. The minimum Gasteiger partial charge on any atom is -0.459 e. The van der Waals surface area contributed by atoms with E-state index in [2.05, 4.69) is 25.9 Å². The molecule has 0 unspecified atom stereocenters. The second-order valence-corrected chi connectivity index (χ2v) is 4.57. The number of nitrogens with zero attached hydrogens (tertiary/aromatic N) is 4. The zero-order chi connectivity index (χ0) is 15.7. The van der Waals surface area contributed by atoms with Gasteiger partial charge in [-0.3, -0.25) is 20.4 Å². The smallest absolute Gasteiger partial charge is 0.309 e. The van der Waals surface area contributed by atoms with Crippen molar-refractivity contribution in [3.8, 4) is 0 Å². The lowest BCUT2D eigenvalue weighted by Gasteiger charge is -2.02. The van der Waals surface area contributed by atoms with Gasteiger partial charge in [-0.1, -0.05) is 0 Å². The second-order valence-electron chi connectivity index (χ2n) is 4.57. The molecule has 0 radical (unpaired) electrons. The molecule has 9 nitrogen and oxygen atoms in total. The molecule has 0 aliphatic rings. The first-order valence-corrected chi connectivity index (χ1v) is 6.40. The van der Waals surface area contributed by atoms with Crippen LogP contribution in [-0.2, 0) is 0 Å².